The van der Waals surface area contributed by atoms with E-state index in [2.05, 4.69) is 18.7 Å². The number of piperazine rings is 1. The fourth-order valence-electron chi connectivity index (χ4n) is 2.65. The number of hydrogen-bond donors (Lipinski definition) is 1. The Hall–Kier alpha value is -0.810. The molecule has 0 saturated carbocycles. The van der Waals surface area contributed by atoms with Crippen molar-refractivity contribution >= 4 is 30.7 Å². The number of carbonyl (C=O) groups is 1. The smallest absolute Gasteiger partial charge is 0.239 e. The van der Waals surface area contributed by atoms with Crippen LogP contribution in [0, 0.1) is 0 Å². The van der Waals surface area contributed by atoms with Gasteiger partial charge in [-0.1, -0.05) is 30.3 Å². The van der Waals surface area contributed by atoms with Crippen molar-refractivity contribution in [1.29, 1.82) is 0 Å². The first kappa shape index (κ1) is 21.2. The predicted octanol–water partition coefficient (Wildman–Crippen LogP) is 1.95. The van der Waals surface area contributed by atoms with Crippen LogP contribution in [0.15, 0.2) is 30.3 Å². The highest BCUT2D eigenvalue weighted by Gasteiger charge is 2.26. The van der Waals surface area contributed by atoms with E-state index < -0.39 is 6.04 Å². The van der Waals surface area contributed by atoms with Crippen LogP contribution in [-0.4, -0.2) is 54.0 Å². The average Bonchev–Trinajstić information content (AvgIpc) is 2.47. The zero-order chi connectivity index (χ0) is 14.5. The summed E-state index contributed by atoms with van der Waals surface area (Å²) in [5.41, 5.74) is 7.19. The quantitative estimate of drug-likeness (QED) is 0.905. The first-order valence-corrected chi connectivity index (χ1v) is 7.40. The zero-order valence-corrected chi connectivity index (χ0v) is 14.9. The van der Waals surface area contributed by atoms with Gasteiger partial charge in [0, 0.05) is 32.2 Å². The Kier molecular flexibility index (Phi) is 9.69. The molecule has 1 saturated heterocycles. The third-order valence-electron chi connectivity index (χ3n) is 3.97. The predicted molar refractivity (Wildman–Crippen MR) is 95.9 cm³/mol. The highest BCUT2D eigenvalue weighted by molar-refractivity contribution is 5.85. The van der Waals surface area contributed by atoms with Crippen molar-refractivity contribution < 1.29 is 4.79 Å². The summed E-state index contributed by atoms with van der Waals surface area (Å²) in [4.78, 5) is 16.7. The van der Waals surface area contributed by atoms with Gasteiger partial charge < -0.3 is 10.6 Å². The molecule has 1 heterocycles. The average molecular weight is 348 g/mol. The Balaban J connectivity index is 0.00000220. The number of nitrogens with two attached hydrogens (primary N) is 1. The van der Waals surface area contributed by atoms with E-state index >= 15 is 0 Å². The normalized spacial score (nSPS) is 16.6. The molecular formula is C16H27Cl2N3O. The molecule has 126 valence electrons. The summed E-state index contributed by atoms with van der Waals surface area (Å²) in [5, 5.41) is 0. The minimum absolute atomic E-state index is 0. The summed E-state index contributed by atoms with van der Waals surface area (Å²) in [7, 11) is 0. The lowest BCUT2D eigenvalue weighted by Gasteiger charge is -2.37. The second-order valence-corrected chi connectivity index (χ2v) is 5.75. The van der Waals surface area contributed by atoms with Gasteiger partial charge in [-0.2, -0.15) is 0 Å². The molecule has 1 fully saturated rings. The summed E-state index contributed by atoms with van der Waals surface area (Å²) >= 11 is 0. The molecule has 0 spiro atoms. The maximum atomic E-state index is 12.4. The Labute approximate surface area is 145 Å². The van der Waals surface area contributed by atoms with Crippen molar-refractivity contribution in [3.8, 4) is 0 Å². The molecule has 2 N–H and O–H groups in total. The fraction of sp³-hybridized carbons (Fsp3) is 0.562. The molecule has 1 aromatic carbocycles. The molecule has 1 amide bonds. The Morgan fingerprint density at radius 1 is 1.09 bits per heavy atom. The van der Waals surface area contributed by atoms with Gasteiger partial charge >= 0.3 is 0 Å². The second kappa shape index (κ2) is 10.1. The van der Waals surface area contributed by atoms with E-state index in [4.69, 9.17) is 5.73 Å². The van der Waals surface area contributed by atoms with Gasteiger partial charge in [-0.3, -0.25) is 9.69 Å². The van der Waals surface area contributed by atoms with E-state index in [1.165, 1.54) is 0 Å². The number of benzene rings is 1. The molecule has 0 unspecified atom stereocenters. The van der Waals surface area contributed by atoms with Gasteiger partial charge in [0.25, 0.3) is 0 Å². The number of carbonyl (C=O) groups excluding carboxylic acids is 1. The molecular weight excluding hydrogens is 321 g/mol. The first-order valence-electron chi connectivity index (χ1n) is 7.40. The van der Waals surface area contributed by atoms with E-state index in [0.717, 1.165) is 31.7 Å². The molecule has 4 nitrogen and oxygen atoms in total. The molecule has 1 atom stereocenters. The van der Waals surface area contributed by atoms with Crippen LogP contribution in [-0.2, 0) is 11.2 Å². The third kappa shape index (κ3) is 5.76. The fourth-order valence-corrected chi connectivity index (χ4v) is 2.65. The van der Waals surface area contributed by atoms with Gasteiger partial charge in [-0.05, 0) is 25.8 Å². The van der Waals surface area contributed by atoms with Gasteiger partial charge in [0.15, 0.2) is 0 Å². The maximum absolute atomic E-state index is 12.4. The molecule has 22 heavy (non-hydrogen) atoms. The van der Waals surface area contributed by atoms with Crippen LogP contribution < -0.4 is 5.73 Å². The van der Waals surface area contributed by atoms with Gasteiger partial charge in [0.1, 0.15) is 0 Å². The van der Waals surface area contributed by atoms with Crippen LogP contribution in [0.5, 0.6) is 0 Å². The van der Waals surface area contributed by atoms with E-state index in [1.54, 1.807) is 0 Å². The van der Waals surface area contributed by atoms with Gasteiger partial charge in [0.2, 0.25) is 5.91 Å². The van der Waals surface area contributed by atoms with Gasteiger partial charge in [0.05, 0.1) is 6.04 Å². The van der Waals surface area contributed by atoms with Crippen molar-refractivity contribution in [3.05, 3.63) is 35.9 Å². The van der Waals surface area contributed by atoms with Gasteiger partial charge in [-0.15, -0.1) is 24.8 Å². The van der Waals surface area contributed by atoms with Gasteiger partial charge in [-0.25, -0.2) is 0 Å². The van der Waals surface area contributed by atoms with Crippen LogP contribution in [0.25, 0.3) is 0 Å². The Bertz CT molecular complexity index is 434. The van der Waals surface area contributed by atoms with Crippen molar-refractivity contribution in [2.75, 3.05) is 26.2 Å². The SMILES string of the molecule is CC(C)N1CCN(C(=O)[C@@H](N)Cc2ccccc2)CC1.Cl.Cl. The Morgan fingerprint density at radius 2 is 1.64 bits per heavy atom. The van der Waals surface area contributed by atoms with Crippen LogP contribution in [0.1, 0.15) is 19.4 Å². The zero-order valence-electron chi connectivity index (χ0n) is 13.3. The first-order chi connectivity index (χ1) is 9.58. The van der Waals surface area contributed by atoms with E-state index in [1.807, 2.05) is 35.2 Å². The van der Waals surface area contributed by atoms with Crippen molar-refractivity contribution in [2.24, 2.45) is 5.73 Å². The van der Waals surface area contributed by atoms with Crippen molar-refractivity contribution in [3.63, 3.8) is 0 Å². The van der Waals surface area contributed by atoms with Crippen LogP contribution in [0.2, 0.25) is 0 Å². The monoisotopic (exact) mass is 347 g/mol. The number of halogens is 2. The van der Waals surface area contributed by atoms with Crippen molar-refractivity contribution in [2.45, 2.75) is 32.4 Å². The Morgan fingerprint density at radius 3 is 2.14 bits per heavy atom. The molecule has 1 aliphatic heterocycles. The molecule has 1 aromatic rings. The second-order valence-electron chi connectivity index (χ2n) is 5.75. The van der Waals surface area contributed by atoms with Crippen molar-refractivity contribution in [1.82, 2.24) is 9.80 Å². The summed E-state index contributed by atoms with van der Waals surface area (Å²) < 4.78 is 0. The number of hydrogen-bond acceptors (Lipinski definition) is 3. The van der Waals surface area contributed by atoms with E-state index in [9.17, 15) is 4.79 Å². The lowest BCUT2D eigenvalue weighted by atomic mass is 10.1. The standard InChI is InChI=1S/C16H25N3O.2ClH/c1-13(2)18-8-10-19(11-9-18)16(20)15(17)12-14-6-4-3-5-7-14;;/h3-7,13,15H,8-12,17H2,1-2H3;2*1H/t15-;;/m0../s1. The summed E-state index contributed by atoms with van der Waals surface area (Å²) in [6.07, 6.45) is 0.615. The van der Waals surface area contributed by atoms with Crippen LogP contribution >= 0.6 is 24.8 Å². The lowest BCUT2D eigenvalue weighted by Crippen LogP contribution is -2.54. The molecule has 0 aromatic heterocycles. The van der Waals surface area contributed by atoms with E-state index in [-0.39, 0.29) is 30.7 Å². The highest BCUT2D eigenvalue weighted by atomic mass is 35.5. The summed E-state index contributed by atoms with van der Waals surface area (Å²) in [5.74, 6) is 0.0808. The third-order valence-corrected chi connectivity index (χ3v) is 3.97. The number of amides is 1. The number of nitrogens with zero attached hydrogens (tertiary/aromatic N) is 2. The topological polar surface area (TPSA) is 49.6 Å². The minimum atomic E-state index is -0.428. The minimum Gasteiger partial charge on any atom is -0.339 e. The molecule has 1 aliphatic rings. The molecule has 0 radical (unpaired) electrons. The molecule has 0 bridgehead atoms. The van der Waals surface area contributed by atoms with E-state index in [0.29, 0.717) is 12.5 Å². The largest absolute Gasteiger partial charge is 0.339 e. The molecule has 0 aliphatic carbocycles. The summed E-state index contributed by atoms with van der Waals surface area (Å²) in [6.45, 7) is 7.86. The lowest BCUT2D eigenvalue weighted by molar-refractivity contribution is -0.134. The highest BCUT2D eigenvalue weighted by Crippen LogP contribution is 2.09. The van der Waals surface area contributed by atoms with Crippen LogP contribution in [0.3, 0.4) is 0 Å². The van der Waals surface area contributed by atoms with Crippen LogP contribution in [0.4, 0.5) is 0 Å². The maximum Gasteiger partial charge on any atom is 0.239 e. The molecule has 6 heteroatoms. The summed E-state index contributed by atoms with van der Waals surface area (Å²) in [6, 6.07) is 10.1. The number of rotatable bonds is 4. The molecule has 2 rings (SSSR count).